The van der Waals surface area contributed by atoms with Crippen molar-refractivity contribution in [3.63, 3.8) is 0 Å². The lowest BCUT2D eigenvalue weighted by molar-refractivity contribution is 0.594. The molecule has 1 aromatic rings. The number of aromatic nitrogens is 1. The largest absolute Gasteiger partial charge is 0.329 e. The summed E-state index contributed by atoms with van der Waals surface area (Å²) in [5.74, 6) is -0.000111. The SMILES string of the molecule is Cc1cccnc1CS(=O)(=O)CCN. The van der Waals surface area contributed by atoms with E-state index in [1.807, 2.05) is 13.0 Å². The molecule has 0 aliphatic heterocycles. The van der Waals surface area contributed by atoms with E-state index in [0.29, 0.717) is 5.69 Å². The average molecular weight is 214 g/mol. The molecule has 0 unspecified atom stereocenters. The molecule has 0 bridgehead atoms. The Morgan fingerprint density at radius 1 is 1.50 bits per heavy atom. The lowest BCUT2D eigenvalue weighted by atomic mass is 10.2. The average Bonchev–Trinajstić information content (AvgIpc) is 2.08. The molecule has 1 rings (SSSR count). The molecule has 5 heteroatoms. The molecule has 0 spiro atoms. The first-order chi connectivity index (χ1) is 6.55. The summed E-state index contributed by atoms with van der Waals surface area (Å²) in [6.45, 7) is 2.01. The van der Waals surface area contributed by atoms with Gasteiger partial charge in [0.25, 0.3) is 0 Å². The van der Waals surface area contributed by atoms with Crippen LogP contribution < -0.4 is 5.73 Å². The normalized spacial score (nSPS) is 11.6. The first-order valence-electron chi connectivity index (χ1n) is 4.36. The van der Waals surface area contributed by atoms with Crippen molar-refractivity contribution >= 4 is 9.84 Å². The van der Waals surface area contributed by atoms with Gasteiger partial charge >= 0.3 is 0 Å². The van der Waals surface area contributed by atoms with Crippen molar-refractivity contribution in [2.24, 2.45) is 5.73 Å². The Morgan fingerprint density at radius 2 is 2.21 bits per heavy atom. The van der Waals surface area contributed by atoms with Gasteiger partial charge in [0.15, 0.2) is 9.84 Å². The summed E-state index contributed by atoms with van der Waals surface area (Å²) in [6, 6.07) is 3.63. The standard InChI is InChI=1S/C9H14N2O2S/c1-8-3-2-5-11-9(8)7-14(12,13)6-4-10/h2-3,5H,4,6-7,10H2,1H3. The summed E-state index contributed by atoms with van der Waals surface area (Å²) < 4.78 is 22.9. The first-order valence-corrected chi connectivity index (χ1v) is 6.18. The molecule has 0 saturated carbocycles. The lowest BCUT2D eigenvalue weighted by Gasteiger charge is -2.04. The maximum absolute atomic E-state index is 11.4. The van der Waals surface area contributed by atoms with E-state index < -0.39 is 9.84 Å². The molecule has 0 radical (unpaired) electrons. The fourth-order valence-electron chi connectivity index (χ4n) is 1.13. The molecule has 1 heterocycles. The van der Waals surface area contributed by atoms with Gasteiger partial charge in [-0.3, -0.25) is 4.98 Å². The summed E-state index contributed by atoms with van der Waals surface area (Å²) in [4.78, 5) is 4.03. The molecule has 1 aromatic heterocycles. The number of rotatable bonds is 4. The van der Waals surface area contributed by atoms with Crippen LogP contribution in [-0.4, -0.2) is 25.7 Å². The van der Waals surface area contributed by atoms with Crippen LogP contribution in [0, 0.1) is 6.92 Å². The highest BCUT2D eigenvalue weighted by Crippen LogP contribution is 2.08. The lowest BCUT2D eigenvalue weighted by Crippen LogP contribution is -2.18. The molecule has 14 heavy (non-hydrogen) atoms. The van der Waals surface area contributed by atoms with Gasteiger partial charge in [-0.2, -0.15) is 0 Å². The highest BCUT2D eigenvalue weighted by atomic mass is 32.2. The molecule has 0 aliphatic carbocycles. The Morgan fingerprint density at radius 3 is 2.79 bits per heavy atom. The zero-order valence-electron chi connectivity index (χ0n) is 8.10. The summed E-state index contributed by atoms with van der Waals surface area (Å²) >= 11 is 0. The summed E-state index contributed by atoms with van der Waals surface area (Å²) in [5.41, 5.74) is 6.72. The van der Waals surface area contributed by atoms with Gasteiger partial charge in [-0.15, -0.1) is 0 Å². The monoisotopic (exact) mass is 214 g/mol. The van der Waals surface area contributed by atoms with E-state index in [-0.39, 0.29) is 18.1 Å². The van der Waals surface area contributed by atoms with Gasteiger partial charge in [0.2, 0.25) is 0 Å². The molecule has 0 aromatic carbocycles. The second-order valence-corrected chi connectivity index (χ2v) is 5.33. The van der Waals surface area contributed by atoms with Crippen LogP contribution in [0.2, 0.25) is 0 Å². The molecular weight excluding hydrogens is 200 g/mol. The van der Waals surface area contributed by atoms with E-state index in [4.69, 9.17) is 5.73 Å². The molecule has 0 atom stereocenters. The van der Waals surface area contributed by atoms with Gasteiger partial charge in [0, 0.05) is 12.7 Å². The summed E-state index contributed by atoms with van der Waals surface area (Å²) in [5, 5.41) is 0. The molecule has 4 nitrogen and oxygen atoms in total. The van der Waals surface area contributed by atoms with Crippen LogP contribution in [-0.2, 0) is 15.6 Å². The van der Waals surface area contributed by atoms with Crippen molar-refractivity contribution in [3.05, 3.63) is 29.6 Å². The zero-order chi connectivity index (χ0) is 10.6. The highest BCUT2D eigenvalue weighted by Gasteiger charge is 2.12. The molecule has 0 aliphatic rings. The van der Waals surface area contributed by atoms with Crippen LogP contribution in [0.3, 0.4) is 0 Å². The Hall–Kier alpha value is -0.940. The van der Waals surface area contributed by atoms with E-state index in [1.165, 1.54) is 0 Å². The Bertz CT molecular complexity index is 401. The molecule has 0 amide bonds. The second-order valence-electron chi connectivity index (χ2n) is 3.15. The third-order valence-electron chi connectivity index (χ3n) is 1.90. The van der Waals surface area contributed by atoms with Crippen molar-refractivity contribution in [1.29, 1.82) is 0 Å². The molecule has 78 valence electrons. The number of sulfone groups is 1. The maximum atomic E-state index is 11.4. The van der Waals surface area contributed by atoms with E-state index in [1.54, 1.807) is 12.3 Å². The number of nitrogens with two attached hydrogens (primary N) is 1. The van der Waals surface area contributed by atoms with Crippen molar-refractivity contribution in [2.45, 2.75) is 12.7 Å². The Balaban J connectivity index is 2.84. The number of nitrogens with zero attached hydrogens (tertiary/aromatic N) is 1. The van der Waals surface area contributed by atoms with Gasteiger partial charge in [-0.05, 0) is 18.6 Å². The van der Waals surface area contributed by atoms with Gasteiger partial charge in [-0.1, -0.05) is 6.07 Å². The van der Waals surface area contributed by atoms with E-state index >= 15 is 0 Å². The minimum absolute atomic E-state index is 0.0169. The van der Waals surface area contributed by atoms with Crippen molar-refractivity contribution in [1.82, 2.24) is 4.98 Å². The van der Waals surface area contributed by atoms with Crippen LogP contribution >= 0.6 is 0 Å². The van der Waals surface area contributed by atoms with Crippen LogP contribution in [0.25, 0.3) is 0 Å². The highest BCUT2D eigenvalue weighted by molar-refractivity contribution is 7.90. The van der Waals surface area contributed by atoms with Crippen LogP contribution in [0.15, 0.2) is 18.3 Å². The summed E-state index contributed by atoms with van der Waals surface area (Å²) in [7, 11) is -3.09. The number of hydrogen-bond donors (Lipinski definition) is 1. The van der Waals surface area contributed by atoms with Crippen molar-refractivity contribution < 1.29 is 8.42 Å². The minimum atomic E-state index is -3.09. The van der Waals surface area contributed by atoms with Crippen LogP contribution in [0.1, 0.15) is 11.3 Å². The molecule has 2 N–H and O–H groups in total. The van der Waals surface area contributed by atoms with E-state index in [0.717, 1.165) is 5.56 Å². The maximum Gasteiger partial charge on any atom is 0.157 e. The number of hydrogen-bond acceptors (Lipinski definition) is 4. The molecular formula is C9H14N2O2S. The smallest absolute Gasteiger partial charge is 0.157 e. The Labute approximate surface area is 84.1 Å². The zero-order valence-corrected chi connectivity index (χ0v) is 8.92. The third-order valence-corrected chi connectivity index (χ3v) is 3.47. The quantitative estimate of drug-likeness (QED) is 0.780. The summed E-state index contributed by atoms with van der Waals surface area (Å²) in [6.07, 6.45) is 1.60. The van der Waals surface area contributed by atoms with Gasteiger partial charge in [-0.25, -0.2) is 8.42 Å². The van der Waals surface area contributed by atoms with E-state index in [2.05, 4.69) is 4.98 Å². The van der Waals surface area contributed by atoms with Gasteiger partial charge in [0.05, 0.1) is 17.2 Å². The second kappa shape index (κ2) is 4.52. The fourth-order valence-corrected chi connectivity index (χ4v) is 2.35. The van der Waals surface area contributed by atoms with Crippen molar-refractivity contribution in [2.75, 3.05) is 12.3 Å². The van der Waals surface area contributed by atoms with Gasteiger partial charge < -0.3 is 5.73 Å². The minimum Gasteiger partial charge on any atom is -0.329 e. The van der Waals surface area contributed by atoms with Crippen LogP contribution in [0.5, 0.6) is 0 Å². The molecule has 0 saturated heterocycles. The number of aryl methyl sites for hydroxylation is 1. The first kappa shape index (κ1) is 11.1. The van der Waals surface area contributed by atoms with E-state index in [9.17, 15) is 8.42 Å². The topological polar surface area (TPSA) is 73.0 Å². The predicted octanol–water partition coefficient (Wildman–Crippen LogP) is 0.264. The van der Waals surface area contributed by atoms with Gasteiger partial charge in [0.1, 0.15) is 0 Å². The number of pyridine rings is 1. The predicted molar refractivity (Wildman–Crippen MR) is 55.5 cm³/mol. The van der Waals surface area contributed by atoms with Crippen LogP contribution in [0.4, 0.5) is 0 Å². The third kappa shape index (κ3) is 3.08. The fraction of sp³-hybridized carbons (Fsp3) is 0.444. The Kier molecular flexibility index (Phi) is 3.60. The van der Waals surface area contributed by atoms with Crippen molar-refractivity contribution in [3.8, 4) is 0 Å². The molecule has 0 fully saturated rings.